The molecule has 144 valence electrons. The van der Waals surface area contributed by atoms with Crippen molar-refractivity contribution in [3.05, 3.63) is 65.2 Å². The fourth-order valence-corrected chi connectivity index (χ4v) is 3.54. The van der Waals surface area contributed by atoms with E-state index in [9.17, 15) is 24.3 Å². The minimum absolute atomic E-state index is 0.0485. The van der Waals surface area contributed by atoms with Crippen LogP contribution in [0.15, 0.2) is 48.5 Å². The van der Waals surface area contributed by atoms with Gasteiger partial charge in [-0.1, -0.05) is 30.3 Å². The minimum atomic E-state index is -2.21. The van der Waals surface area contributed by atoms with E-state index in [2.05, 4.69) is 0 Å². The molecule has 1 unspecified atom stereocenters. The Labute approximate surface area is 161 Å². The highest BCUT2D eigenvalue weighted by Crippen LogP contribution is 2.41. The van der Waals surface area contributed by atoms with E-state index in [0.29, 0.717) is 16.8 Å². The molecule has 2 aromatic rings. The number of benzene rings is 2. The van der Waals surface area contributed by atoms with Crippen LogP contribution in [0.5, 0.6) is 0 Å². The first kappa shape index (κ1) is 19.3. The van der Waals surface area contributed by atoms with Gasteiger partial charge in [0.15, 0.2) is 0 Å². The number of methoxy groups -OCH3 is 1. The Balaban J connectivity index is 2.19. The molecule has 0 saturated carbocycles. The normalized spacial score (nSPS) is 17.7. The van der Waals surface area contributed by atoms with Crippen molar-refractivity contribution < 1.29 is 29.0 Å². The predicted molar refractivity (Wildman–Crippen MR) is 100 cm³/mol. The number of hydrogen-bond donors (Lipinski definition) is 1. The van der Waals surface area contributed by atoms with Gasteiger partial charge in [-0.05, 0) is 36.2 Å². The lowest BCUT2D eigenvalue weighted by molar-refractivity contribution is -0.158. The molecule has 1 aliphatic heterocycles. The minimum Gasteiger partial charge on any atom is -0.479 e. The molecule has 0 fully saturated rings. The van der Waals surface area contributed by atoms with Crippen molar-refractivity contribution >= 4 is 29.3 Å². The summed E-state index contributed by atoms with van der Waals surface area (Å²) >= 11 is 0. The molecule has 1 aliphatic rings. The maximum atomic E-state index is 13.2. The SMILES string of the molecule is COC(=O)C1(C(=O)O)Cc2cc(CC(C)=O)ccc2N1C(=O)c1ccccc1. The van der Waals surface area contributed by atoms with Crippen molar-refractivity contribution in [1.29, 1.82) is 0 Å². The van der Waals surface area contributed by atoms with Gasteiger partial charge in [0.2, 0.25) is 5.54 Å². The van der Waals surface area contributed by atoms with E-state index in [1.807, 2.05) is 0 Å². The van der Waals surface area contributed by atoms with Crippen molar-refractivity contribution in [2.24, 2.45) is 0 Å². The Morgan fingerprint density at radius 3 is 2.36 bits per heavy atom. The molecule has 7 nitrogen and oxygen atoms in total. The van der Waals surface area contributed by atoms with Gasteiger partial charge < -0.3 is 9.84 Å². The summed E-state index contributed by atoms with van der Waals surface area (Å²) in [6, 6.07) is 13.0. The Bertz CT molecular complexity index is 968. The summed E-state index contributed by atoms with van der Waals surface area (Å²) < 4.78 is 4.77. The first-order valence-electron chi connectivity index (χ1n) is 8.64. The predicted octanol–water partition coefficient (Wildman–Crippen LogP) is 2.02. The number of amides is 1. The van der Waals surface area contributed by atoms with Gasteiger partial charge in [0.05, 0.1) is 7.11 Å². The first-order valence-corrected chi connectivity index (χ1v) is 8.64. The molecule has 1 amide bonds. The van der Waals surface area contributed by atoms with Gasteiger partial charge in [-0.25, -0.2) is 9.59 Å². The van der Waals surface area contributed by atoms with Gasteiger partial charge in [-0.15, -0.1) is 0 Å². The molecule has 7 heteroatoms. The summed E-state index contributed by atoms with van der Waals surface area (Å²) in [6.45, 7) is 1.45. The molecule has 28 heavy (non-hydrogen) atoms. The third-order valence-electron chi connectivity index (χ3n) is 4.77. The summed E-state index contributed by atoms with van der Waals surface area (Å²) in [6.07, 6.45) is -0.0626. The molecule has 0 aliphatic carbocycles. The largest absolute Gasteiger partial charge is 0.479 e. The average Bonchev–Trinajstić information content (AvgIpc) is 3.02. The maximum Gasteiger partial charge on any atom is 0.344 e. The standard InChI is InChI=1S/C21H19NO6/c1-13(23)10-14-8-9-17-16(11-14)12-21(19(25)26,20(27)28-2)22(17)18(24)15-6-4-3-5-7-15/h3-9,11H,10,12H2,1-2H3,(H,25,26). The zero-order valence-corrected chi connectivity index (χ0v) is 15.5. The number of Topliss-reactive ketones (excluding diaryl/α,β-unsaturated/α-hetero) is 1. The number of nitrogens with zero attached hydrogens (tertiary/aromatic N) is 1. The second-order valence-electron chi connectivity index (χ2n) is 6.68. The molecule has 2 aromatic carbocycles. The van der Waals surface area contributed by atoms with Gasteiger partial charge in [0.25, 0.3) is 5.91 Å². The summed E-state index contributed by atoms with van der Waals surface area (Å²) in [4.78, 5) is 50.5. The van der Waals surface area contributed by atoms with Crippen LogP contribution >= 0.6 is 0 Å². The average molecular weight is 381 g/mol. The van der Waals surface area contributed by atoms with E-state index >= 15 is 0 Å². The van der Waals surface area contributed by atoms with Gasteiger partial charge in [0, 0.05) is 24.1 Å². The summed E-state index contributed by atoms with van der Waals surface area (Å²) in [5.74, 6) is -3.18. The number of carbonyl (C=O) groups is 4. The third kappa shape index (κ3) is 3.05. The highest BCUT2D eigenvalue weighted by molar-refractivity contribution is 6.21. The molecule has 1 atom stereocenters. The molecular weight excluding hydrogens is 362 g/mol. The highest BCUT2D eigenvalue weighted by Gasteiger charge is 2.59. The van der Waals surface area contributed by atoms with Crippen molar-refractivity contribution in [1.82, 2.24) is 0 Å². The summed E-state index contributed by atoms with van der Waals surface area (Å²) in [7, 11) is 1.09. The van der Waals surface area contributed by atoms with Crippen molar-refractivity contribution in [2.45, 2.75) is 25.3 Å². The fourth-order valence-electron chi connectivity index (χ4n) is 3.54. The van der Waals surface area contributed by atoms with Gasteiger partial charge >= 0.3 is 11.9 Å². The number of aliphatic carboxylic acids is 1. The van der Waals surface area contributed by atoms with Gasteiger partial charge in [-0.2, -0.15) is 0 Å². The molecule has 0 radical (unpaired) electrons. The molecule has 0 spiro atoms. The second kappa shape index (κ2) is 7.26. The van der Waals surface area contributed by atoms with Crippen LogP contribution < -0.4 is 4.90 Å². The van der Waals surface area contributed by atoms with Crippen LogP contribution in [0, 0.1) is 0 Å². The van der Waals surface area contributed by atoms with E-state index < -0.39 is 23.4 Å². The number of hydrogen-bond acceptors (Lipinski definition) is 5. The van der Waals surface area contributed by atoms with E-state index in [0.717, 1.165) is 12.0 Å². The number of carboxylic acids is 1. The Morgan fingerprint density at radius 1 is 1.11 bits per heavy atom. The summed E-state index contributed by atoms with van der Waals surface area (Å²) in [5, 5.41) is 9.97. The molecule has 0 saturated heterocycles. The smallest absolute Gasteiger partial charge is 0.344 e. The molecule has 0 aromatic heterocycles. The van der Waals surface area contributed by atoms with E-state index in [1.54, 1.807) is 48.5 Å². The maximum absolute atomic E-state index is 13.2. The van der Waals surface area contributed by atoms with E-state index in [4.69, 9.17) is 4.74 Å². The fraction of sp³-hybridized carbons (Fsp3) is 0.238. The zero-order chi connectivity index (χ0) is 20.5. The molecule has 3 rings (SSSR count). The zero-order valence-electron chi connectivity index (χ0n) is 15.5. The topological polar surface area (TPSA) is 101 Å². The van der Waals surface area contributed by atoms with E-state index in [1.165, 1.54) is 6.92 Å². The van der Waals surface area contributed by atoms with Gasteiger partial charge in [0.1, 0.15) is 5.78 Å². The van der Waals surface area contributed by atoms with Crippen molar-refractivity contribution in [3.8, 4) is 0 Å². The van der Waals surface area contributed by atoms with Crippen molar-refractivity contribution in [3.63, 3.8) is 0 Å². The molecule has 1 N–H and O–H groups in total. The lowest BCUT2D eigenvalue weighted by Crippen LogP contribution is -2.61. The number of ether oxygens (including phenoxy) is 1. The van der Waals surface area contributed by atoms with Crippen LogP contribution in [0.1, 0.15) is 28.4 Å². The molecular formula is C21H19NO6. The monoisotopic (exact) mass is 381 g/mol. The quantitative estimate of drug-likeness (QED) is 0.628. The Morgan fingerprint density at radius 2 is 1.79 bits per heavy atom. The number of rotatable bonds is 5. The highest BCUT2D eigenvalue weighted by atomic mass is 16.5. The van der Waals surface area contributed by atoms with Crippen LogP contribution in [0.2, 0.25) is 0 Å². The van der Waals surface area contributed by atoms with Crippen LogP contribution in [0.3, 0.4) is 0 Å². The second-order valence-corrected chi connectivity index (χ2v) is 6.68. The Kier molecular flexibility index (Phi) is 5.00. The van der Waals surface area contributed by atoms with E-state index in [-0.39, 0.29) is 24.2 Å². The van der Waals surface area contributed by atoms with Crippen LogP contribution in [-0.2, 0) is 32.0 Å². The number of carboxylic acid groups (broad SMARTS) is 1. The van der Waals surface area contributed by atoms with Crippen LogP contribution in [0.4, 0.5) is 5.69 Å². The Hall–Kier alpha value is -3.48. The van der Waals surface area contributed by atoms with Gasteiger partial charge in [-0.3, -0.25) is 14.5 Å². The molecule has 0 bridgehead atoms. The van der Waals surface area contributed by atoms with Crippen LogP contribution in [-0.4, -0.2) is 41.4 Å². The third-order valence-corrected chi connectivity index (χ3v) is 4.77. The first-order chi connectivity index (χ1) is 13.3. The summed E-state index contributed by atoms with van der Waals surface area (Å²) in [5.41, 5.74) is -0.467. The molecule has 1 heterocycles. The van der Waals surface area contributed by atoms with Crippen molar-refractivity contribution in [2.75, 3.05) is 12.0 Å². The number of esters is 1. The lowest BCUT2D eigenvalue weighted by atomic mass is 9.93. The lowest BCUT2D eigenvalue weighted by Gasteiger charge is -2.32. The number of fused-ring (bicyclic) bond motifs is 1. The van der Waals surface area contributed by atoms with Crippen LogP contribution in [0.25, 0.3) is 0 Å². The number of ketones is 1. The number of carbonyl (C=O) groups excluding carboxylic acids is 3. The number of anilines is 1.